The van der Waals surface area contributed by atoms with Crippen molar-refractivity contribution in [1.82, 2.24) is 0 Å². The van der Waals surface area contributed by atoms with E-state index < -0.39 is 0 Å². The third kappa shape index (κ3) is 3.70. The van der Waals surface area contributed by atoms with E-state index in [4.69, 9.17) is 4.74 Å². The molecule has 0 amide bonds. The molecule has 0 heterocycles. The third-order valence-electron chi connectivity index (χ3n) is 4.49. The van der Waals surface area contributed by atoms with E-state index in [9.17, 15) is 10.1 Å². The molecule has 1 fully saturated rings. The van der Waals surface area contributed by atoms with Gasteiger partial charge in [-0.3, -0.25) is 10.1 Å². The number of benzene rings is 2. The maximum Gasteiger partial charge on any atom is 0.311 e. The average molecular weight is 311 g/mol. The van der Waals surface area contributed by atoms with E-state index in [1.54, 1.807) is 6.07 Å². The normalized spacial score (nSPS) is 15.3. The summed E-state index contributed by atoms with van der Waals surface area (Å²) in [6.45, 7) is 0.353. The van der Waals surface area contributed by atoms with Crippen LogP contribution < -0.4 is 4.74 Å². The van der Waals surface area contributed by atoms with Gasteiger partial charge in [0.15, 0.2) is 0 Å². The monoisotopic (exact) mass is 311 g/mol. The zero-order valence-electron chi connectivity index (χ0n) is 13.1. The maximum atomic E-state index is 11.4. The van der Waals surface area contributed by atoms with Gasteiger partial charge in [-0.15, -0.1) is 0 Å². The van der Waals surface area contributed by atoms with Crippen molar-refractivity contribution in [3.05, 3.63) is 69.8 Å². The maximum absolute atomic E-state index is 11.4. The molecule has 3 rings (SSSR count). The number of rotatable bonds is 5. The van der Waals surface area contributed by atoms with Gasteiger partial charge in [-0.2, -0.15) is 0 Å². The lowest BCUT2D eigenvalue weighted by molar-refractivity contribution is -0.386. The molecule has 4 nitrogen and oxygen atoms in total. The summed E-state index contributed by atoms with van der Waals surface area (Å²) in [7, 11) is 0. The Balaban J connectivity index is 1.89. The second kappa shape index (κ2) is 7.27. The van der Waals surface area contributed by atoms with Crippen LogP contribution >= 0.6 is 0 Å². The minimum Gasteiger partial charge on any atom is -0.482 e. The Morgan fingerprint density at radius 2 is 1.74 bits per heavy atom. The van der Waals surface area contributed by atoms with Crippen molar-refractivity contribution >= 4 is 5.69 Å². The number of hydrogen-bond donors (Lipinski definition) is 0. The fourth-order valence-electron chi connectivity index (χ4n) is 3.31. The summed E-state index contributed by atoms with van der Waals surface area (Å²) < 4.78 is 5.93. The standard InChI is InChI=1S/C19H21NO3/c21-20(22)18-13-7-12-17(16-10-5-2-6-11-16)19(18)23-14-15-8-3-1-4-9-15/h1,3-4,7-9,12-13,16H,2,5-6,10-11,14H2. The van der Waals surface area contributed by atoms with Crippen LogP contribution in [0.5, 0.6) is 5.75 Å². The summed E-state index contributed by atoms with van der Waals surface area (Å²) in [6.07, 6.45) is 5.80. The second-order valence-electron chi connectivity index (χ2n) is 6.06. The van der Waals surface area contributed by atoms with E-state index in [1.807, 2.05) is 36.4 Å². The van der Waals surface area contributed by atoms with Gasteiger partial charge in [0.25, 0.3) is 0 Å². The van der Waals surface area contributed by atoms with Gasteiger partial charge in [-0.1, -0.05) is 61.7 Å². The van der Waals surface area contributed by atoms with Gasteiger partial charge in [-0.05, 0) is 24.3 Å². The lowest BCUT2D eigenvalue weighted by Gasteiger charge is -2.24. The first-order valence-corrected chi connectivity index (χ1v) is 8.19. The molecule has 2 aromatic carbocycles. The smallest absolute Gasteiger partial charge is 0.311 e. The minimum absolute atomic E-state index is 0.0732. The highest BCUT2D eigenvalue weighted by Crippen LogP contribution is 2.41. The molecule has 120 valence electrons. The first kappa shape index (κ1) is 15.5. The van der Waals surface area contributed by atoms with Gasteiger partial charge >= 0.3 is 5.69 Å². The lowest BCUT2D eigenvalue weighted by atomic mass is 9.83. The Labute approximate surface area is 136 Å². The molecule has 0 aliphatic heterocycles. The van der Waals surface area contributed by atoms with Crippen molar-refractivity contribution in [2.45, 2.75) is 44.6 Å². The van der Waals surface area contributed by atoms with Gasteiger partial charge in [0, 0.05) is 11.6 Å². The molecular weight excluding hydrogens is 290 g/mol. The largest absolute Gasteiger partial charge is 0.482 e. The summed E-state index contributed by atoms with van der Waals surface area (Å²) in [4.78, 5) is 11.1. The Morgan fingerprint density at radius 3 is 2.43 bits per heavy atom. The molecule has 0 unspecified atom stereocenters. The first-order valence-electron chi connectivity index (χ1n) is 8.19. The van der Waals surface area contributed by atoms with Gasteiger partial charge in [0.1, 0.15) is 6.61 Å². The van der Waals surface area contributed by atoms with E-state index in [1.165, 1.54) is 25.3 Å². The molecule has 0 saturated heterocycles. The number of nitro benzene ring substituents is 1. The molecule has 0 bridgehead atoms. The number of nitrogens with zero attached hydrogens (tertiary/aromatic N) is 1. The molecule has 2 aromatic rings. The van der Waals surface area contributed by atoms with E-state index >= 15 is 0 Å². The van der Waals surface area contributed by atoms with Crippen molar-refractivity contribution in [1.29, 1.82) is 0 Å². The van der Waals surface area contributed by atoms with Gasteiger partial charge in [0.2, 0.25) is 5.75 Å². The van der Waals surface area contributed by atoms with E-state index in [2.05, 4.69) is 0 Å². The first-order chi connectivity index (χ1) is 11.3. The Bertz CT molecular complexity index is 664. The fourth-order valence-corrected chi connectivity index (χ4v) is 3.31. The number of nitro groups is 1. The van der Waals surface area contributed by atoms with Crippen molar-refractivity contribution in [3.63, 3.8) is 0 Å². The summed E-state index contributed by atoms with van der Waals surface area (Å²) in [5, 5.41) is 11.4. The Hall–Kier alpha value is -2.36. The van der Waals surface area contributed by atoms with Crippen LogP contribution in [0.3, 0.4) is 0 Å². The van der Waals surface area contributed by atoms with Crippen molar-refractivity contribution < 1.29 is 9.66 Å². The van der Waals surface area contributed by atoms with Crippen LogP contribution in [0.1, 0.15) is 49.1 Å². The Kier molecular flexibility index (Phi) is 4.91. The predicted molar refractivity (Wildman–Crippen MR) is 89.7 cm³/mol. The highest BCUT2D eigenvalue weighted by Gasteiger charge is 2.25. The van der Waals surface area contributed by atoms with Crippen LogP contribution in [0.2, 0.25) is 0 Å². The zero-order valence-corrected chi connectivity index (χ0v) is 13.1. The molecule has 0 aromatic heterocycles. The molecule has 0 spiro atoms. The minimum atomic E-state index is -0.341. The fraction of sp³-hybridized carbons (Fsp3) is 0.368. The summed E-state index contributed by atoms with van der Waals surface area (Å²) >= 11 is 0. The highest BCUT2D eigenvalue weighted by molar-refractivity contribution is 5.53. The predicted octanol–water partition coefficient (Wildman–Crippen LogP) is 5.22. The van der Waals surface area contributed by atoms with Crippen LogP contribution in [-0.2, 0) is 6.61 Å². The van der Waals surface area contributed by atoms with Gasteiger partial charge in [0.05, 0.1) is 4.92 Å². The van der Waals surface area contributed by atoms with Crippen LogP contribution in [0.15, 0.2) is 48.5 Å². The van der Waals surface area contributed by atoms with E-state index in [-0.39, 0.29) is 10.6 Å². The van der Waals surface area contributed by atoms with Crippen LogP contribution in [0.25, 0.3) is 0 Å². The number of ether oxygens (including phenoxy) is 1. The molecular formula is C19H21NO3. The highest BCUT2D eigenvalue weighted by atomic mass is 16.6. The van der Waals surface area contributed by atoms with Crippen LogP contribution in [-0.4, -0.2) is 4.92 Å². The Morgan fingerprint density at radius 1 is 1.00 bits per heavy atom. The van der Waals surface area contributed by atoms with E-state index in [0.717, 1.165) is 24.0 Å². The molecule has 1 saturated carbocycles. The SMILES string of the molecule is O=[N+]([O-])c1cccc(C2CCCCC2)c1OCc1ccccc1. The average Bonchev–Trinajstić information content (AvgIpc) is 2.61. The van der Waals surface area contributed by atoms with E-state index in [0.29, 0.717) is 18.3 Å². The van der Waals surface area contributed by atoms with Gasteiger partial charge < -0.3 is 4.74 Å². The molecule has 0 atom stereocenters. The second-order valence-corrected chi connectivity index (χ2v) is 6.06. The number of para-hydroxylation sites is 1. The molecule has 23 heavy (non-hydrogen) atoms. The van der Waals surface area contributed by atoms with Crippen LogP contribution in [0.4, 0.5) is 5.69 Å². The third-order valence-corrected chi connectivity index (χ3v) is 4.49. The summed E-state index contributed by atoms with van der Waals surface area (Å²) in [5.41, 5.74) is 2.08. The number of hydrogen-bond acceptors (Lipinski definition) is 3. The van der Waals surface area contributed by atoms with Crippen molar-refractivity contribution in [3.8, 4) is 5.75 Å². The van der Waals surface area contributed by atoms with Crippen LogP contribution in [0, 0.1) is 10.1 Å². The molecule has 0 radical (unpaired) electrons. The van der Waals surface area contributed by atoms with Gasteiger partial charge in [-0.25, -0.2) is 0 Å². The molecule has 1 aliphatic carbocycles. The van der Waals surface area contributed by atoms with Crippen molar-refractivity contribution in [2.24, 2.45) is 0 Å². The molecule has 0 N–H and O–H groups in total. The quantitative estimate of drug-likeness (QED) is 0.562. The molecule has 1 aliphatic rings. The lowest BCUT2D eigenvalue weighted by Crippen LogP contribution is -2.09. The molecule has 4 heteroatoms. The van der Waals surface area contributed by atoms with Crippen molar-refractivity contribution in [2.75, 3.05) is 0 Å². The topological polar surface area (TPSA) is 52.4 Å². The zero-order chi connectivity index (χ0) is 16.1. The summed E-state index contributed by atoms with van der Waals surface area (Å²) in [6, 6.07) is 15.1. The summed E-state index contributed by atoms with van der Waals surface area (Å²) in [5.74, 6) is 0.822.